The lowest BCUT2D eigenvalue weighted by Crippen LogP contribution is -2.60. The Labute approximate surface area is 204 Å². The van der Waals surface area contributed by atoms with Crippen molar-refractivity contribution in [2.75, 3.05) is 31.1 Å². The van der Waals surface area contributed by atoms with Gasteiger partial charge in [0.05, 0.1) is 16.7 Å². The van der Waals surface area contributed by atoms with Crippen molar-refractivity contribution in [2.45, 2.75) is 50.7 Å². The lowest BCUT2D eigenvalue weighted by atomic mass is 9.72. The highest BCUT2D eigenvalue weighted by molar-refractivity contribution is 6.31. The average Bonchev–Trinajstić information content (AvgIpc) is 2.84. The van der Waals surface area contributed by atoms with Crippen LogP contribution in [0.1, 0.15) is 54.6 Å². The summed E-state index contributed by atoms with van der Waals surface area (Å²) in [5.41, 5.74) is 1.22. The molecule has 3 aliphatic rings. The highest BCUT2D eigenvalue weighted by Crippen LogP contribution is 2.40. The molecule has 1 aromatic carbocycles. The van der Waals surface area contributed by atoms with Gasteiger partial charge >= 0.3 is 0 Å². The number of hydrogen-bond donors (Lipinski definition) is 2. The lowest BCUT2D eigenvalue weighted by Gasteiger charge is -2.52. The number of ether oxygens (including phenoxy) is 1. The quantitative estimate of drug-likeness (QED) is 0.676. The van der Waals surface area contributed by atoms with Crippen molar-refractivity contribution in [3.05, 3.63) is 46.6 Å². The molecular weight excluding hydrogens is 452 g/mol. The molecule has 9 heteroatoms. The Morgan fingerprint density at radius 2 is 1.91 bits per heavy atom. The molecule has 2 aliphatic heterocycles. The van der Waals surface area contributed by atoms with E-state index in [1.54, 1.807) is 24.3 Å². The summed E-state index contributed by atoms with van der Waals surface area (Å²) in [5, 5.41) is 24.4. The first-order valence-electron chi connectivity index (χ1n) is 12.0. The van der Waals surface area contributed by atoms with Gasteiger partial charge in [-0.25, -0.2) is 0 Å². The summed E-state index contributed by atoms with van der Waals surface area (Å²) in [5.74, 6) is 1.34. The SMILES string of the molecule is N#Cc1ccc(OC2CCC(NC(=O)c3ccc(N4CC5(CCNCC5)C4)nn3)CC2)cc1Cl. The highest BCUT2D eigenvalue weighted by Gasteiger charge is 2.44. The topological polar surface area (TPSA) is 103 Å². The number of benzene rings is 1. The molecule has 1 aliphatic carbocycles. The maximum atomic E-state index is 12.7. The van der Waals surface area contributed by atoms with Crippen LogP contribution in [0.4, 0.5) is 5.82 Å². The van der Waals surface area contributed by atoms with Gasteiger partial charge in [0.1, 0.15) is 11.8 Å². The van der Waals surface area contributed by atoms with Crippen LogP contribution in [0.2, 0.25) is 5.02 Å². The Morgan fingerprint density at radius 3 is 2.56 bits per heavy atom. The van der Waals surface area contributed by atoms with E-state index >= 15 is 0 Å². The van der Waals surface area contributed by atoms with Crippen LogP contribution in [0.25, 0.3) is 0 Å². The highest BCUT2D eigenvalue weighted by atomic mass is 35.5. The van der Waals surface area contributed by atoms with Gasteiger partial charge in [0.25, 0.3) is 5.91 Å². The van der Waals surface area contributed by atoms with Crippen LogP contribution in [0.15, 0.2) is 30.3 Å². The minimum Gasteiger partial charge on any atom is -0.490 e. The average molecular weight is 481 g/mol. The first-order chi connectivity index (χ1) is 16.5. The van der Waals surface area contributed by atoms with E-state index < -0.39 is 0 Å². The van der Waals surface area contributed by atoms with Gasteiger partial charge in [0.2, 0.25) is 0 Å². The van der Waals surface area contributed by atoms with Gasteiger partial charge in [-0.3, -0.25) is 4.79 Å². The summed E-state index contributed by atoms with van der Waals surface area (Å²) in [6, 6.07) is 10.9. The number of amides is 1. The molecule has 2 N–H and O–H groups in total. The molecule has 2 aromatic rings. The Kier molecular flexibility index (Phi) is 6.57. The second-order valence-corrected chi connectivity index (χ2v) is 10.1. The number of anilines is 1. The van der Waals surface area contributed by atoms with E-state index in [9.17, 15) is 4.79 Å². The van der Waals surface area contributed by atoms with Gasteiger partial charge in [-0.1, -0.05) is 11.6 Å². The standard InChI is InChI=1S/C25H29ClN6O2/c26-21-13-20(4-1-17(21)14-27)34-19-5-2-18(3-6-19)29-24(33)22-7-8-23(31-30-22)32-15-25(16-32)9-11-28-12-10-25/h1,4,7-8,13,18-19,28H,2-3,5-6,9-12,15-16H2,(H,29,33). The van der Waals surface area contributed by atoms with E-state index in [4.69, 9.17) is 21.6 Å². The van der Waals surface area contributed by atoms with E-state index in [0.717, 1.165) is 57.7 Å². The van der Waals surface area contributed by atoms with Gasteiger partial charge in [0.15, 0.2) is 11.5 Å². The van der Waals surface area contributed by atoms with Crippen molar-refractivity contribution in [2.24, 2.45) is 5.41 Å². The Hall–Kier alpha value is -2.89. The number of aromatic nitrogens is 2. The van der Waals surface area contributed by atoms with Crippen LogP contribution < -0.4 is 20.3 Å². The minimum atomic E-state index is -0.180. The van der Waals surface area contributed by atoms with Gasteiger partial charge in [-0.15, -0.1) is 10.2 Å². The number of nitrogens with zero attached hydrogens (tertiary/aromatic N) is 4. The van der Waals surface area contributed by atoms with E-state index in [-0.39, 0.29) is 18.1 Å². The molecule has 0 radical (unpaired) electrons. The molecule has 0 atom stereocenters. The summed E-state index contributed by atoms with van der Waals surface area (Å²) in [6.07, 6.45) is 5.82. The van der Waals surface area contributed by atoms with Crippen LogP contribution >= 0.6 is 11.6 Å². The van der Waals surface area contributed by atoms with Crippen molar-refractivity contribution in [1.82, 2.24) is 20.8 Å². The van der Waals surface area contributed by atoms with Crippen LogP contribution in [0.3, 0.4) is 0 Å². The van der Waals surface area contributed by atoms with Gasteiger partial charge in [0, 0.05) is 30.6 Å². The first kappa shape index (κ1) is 22.9. The monoisotopic (exact) mass is 480 g/mol. The molecule has 5 rings (SSSR count). The third kappa shape index (κ3) is 4.96. The minimum absolute atomic E-state index is 0.0657. The number of halogens is 1. The molecule has 0 bridgehead atoms. The van der Waals surface area contributed by atoms with Gasteiger partial charge in [-0.05, 0) is 75.9 Å². The predicted octanol–water partition coefficient (Wildman–Crippen LogP) is 3.31. The normalized spacial score (nSPS) is 23.6. The second-order valence-electron chi connectivity index (χ2n) is 9.70. The molecule has 3 heterocycles. The zero-order valence-corrected chi connectivity index (χ0v) is 19.9. The molecule has 8 nitrogen and oxygen atoms in total. The summed E-state index contributed by atoms with van der Waals surface area (Å²) in [6.45, 7) is 4.23. The molecular formula is C25H29ClN6O2. The van der Waals surface area contributed by atoms with Crippen molar-refractivity contribution >= 4 is 23.3 Å². The fourth-order valence-electron chi connectivity index (χ4n) is 5.25. The Morgan fingerprint density at radius 1 is 1.15 bits per heavy atom. The Bertz CT molecular complexity index is 1060. The number of carbonyl (C=O) groups is 1. The smallest absolute Gasteiger partial charge is 0.272 e. The van der Waals surface area contributed by atoms with E-state index in [0.29, 0.717) is 27.4 Å². The number of piperidine rings is 1. The zero-order chi connectivity index (χ0) is 23.5. The zero-order valence-electron chi connectivity index (χ0n) is 19.1. The summed E-state index contributed by atoms with van der Waals surface area (Å²) >= 11 is 6.09. The molecule has 1 saturated carbocycles. The fourth-order valence-corrected chi connectivity index (χ4v) is 5.46. The molecule has 1 amide bonds. The maximum absolute atomic E-state index is 12.7. The lowest BCUT2D eigenvalue weighted by molar-refractivity contribution is 0.0888. The third-order valence-electron chi connectivity index (χ3n) is 7.30. The number of nitriles is 1. The fraction of sp³-hybridized carbons (Fsp3) is 0.520. The molecule has 3 fully saturated rings. The number of rotatable bonds is 5. The van der Waals surface area contributed by atoms with E-state index in [2.05, 4.69) is 25.7 Å². The summed E-state index contributed by atoms with van der Waals surface area (Å²) in [4.78, 5) is 14.9. The third-order valence-corrected chi connectivity index (χ3v) is 7.61. The van der Waals surface area contributed by atoms with Gasteiger partial charge < -0.3 is 20.3 Å². The molecule has 1 aromatic heterocycles. The van der Waals surface area contributed by atoms with Gasteiger partial charge in [-0.2, -0.15) is 5.26 Å². The molecule has 2 saturated heterocycles. The molecule has 34 heavy (non-hydrogen) atoms. The molecule has 0 unspecified atom stereocenters. The molecule has 1 spiro atoms. The van der Waals surface area contributed by atoms with Crippen molar-refractivity contribution < 1.29 is 9.53 Å². The Balaban J connectivity index is 1.08. The maximum Gasteiger partial charge on any atom is 0.272 e. The summed E-state index contributed by atoms with van der Waals surface area (Å²) in [7, 11) is 0. The summed E-state index contributed by atoms with van der Waals surface area (Å²) < 4.78 is 6.03. The number of carbonyl (C=O) groups excluding carboxylic acids is 1. The number of nitrogens with one attached hydrogen (secondary N) is 2. The van der Waals surface area contributed by atoms with Crippen molar-refractivity contribution in [3.8, 4) is 11.8 Å². The molecule has 178 valence electrons. The van der Waals surface area contributed by atoms with Crippen molar-refractivity contribution in [3.63, 3.8) is 0 Å². The first-order valence-corrected chi connectivity index (χ1v) is 12.4. The predicted molar refractivity (Wildman–Crippen MR) is 129 cm³/mol. The number of hydrogen-bond acceptors (Lipinski definition) is 7. The van der Waals surface area contributed by atoms with E-state index in [1.165, 1.54) is 12.8 Å². The van der Waals surface area contributed by atoms with Crippen LogP contribution in [-0.4, -0.2) is 54.4 Å². The largest absolute Gasteiger partial charge is 0.490 e. The van der Waals surface area contributed by atoms with E-state index in [1.807, 2.05) is 12.1 Å². The van der Waals surface area contributed by atoms with Crippen LogP contribution in [0, 0.1) is 16.7 Å². The second kappa shape index (κ2) is 9.77. The van der Waals surface area contributed by atoms with Crippen LogP contribution in [0.5, 0.6) is 5.75 Å². The van der Waals surface area contributed by atoms with Crippen LogP contribution in [-0.2, 0) is 0 Å². The van der Waals surface area contributed by atoms with Crippen molar-refractivity contribution in [1.29, 1.82) is 5.26 Å².